The van der Waals surface area contributed by atoms with Gasteiger partial charge in [-0.2, -0.15) is 0 Å². The van der Waals surface area contributed by atoms with Crippen LogP contribution in [0, 0.1) is 5.92 Å². The van der Waals surface area contributed by atoms with Gasteiger partial charge < -0.3 is 21.1 Å². The molecule has 1 saturated carbocycles. The van der Waals surface area contributed by atoms with Crippen LogP contribution in [0.2, 0.25) is 10.0 Å². The van der Waals surface area contributed by atoms with Crippen LogP contribution in [0.5, 0.6) is 0 Å². The Morgan fingerprint density at radius 2 is 1.76 bits per heavy atom. The fourth-order valence-corrected chi connectivity index (χ4v) is 5.09. The maximum absolute atomic E-state index is 12.8. The minimum absolute atomic E-state index is 0.0697. The van der Waals surface area contributed by atoms with Gasteiger partial charge in [0.2, 0.25) is 0 Å². The van der Waals surface area contributed by atoms with E-state index in [4.69, 9.17) is 33.7 Å². The minimum atomic E-state index is -0.321. The van der Waals surface area contributed by atoms with Crippen LogP contribution in [0.15, 0.2) is 48.7 Å². The summed E-state index contributed by atoms with van der Waals surface area (Å²) in [6.45, 7) is 5.17. The molecule has 202 valence electrons. The van der Waals surface area contributed by atoms with E-state index in [-0.39, 0.29) is 18.1 Å². The molecule has 38 heavy (non-hydrogen) atoms. The lowest BCUT2D eigenvalue weighted by Gasteiger charge is -2.22. The first kappa shape index (κ1) is 28.1. The fraction of sp³-hybridized carbons (Fsp3) is 0.414. The van der Waals surface area contributed by atoms with Gasteiger partial charge in [0.25, 0.3) is 0 Å². The number of anilines is 2. The van der Waals surface area contributed by atoms with Gasteiger partial charge in [-0.25, -0.2) is 9.97 Å². The van der Waals surface area contributed by atoms with Crippen LogP contribution in [0.4, 0.5) is 11.6 Å². The Kier molecular flexibility index (Phi) is 9.83. The van der Waals surface area contributed by atoms with E-state index < -0.39 is 0 Å². The number of benzene rings is 2. The predicted molar refractivity (Wildman–Crippen MR) is 154 cm³/mol. The van der Waals surface area contributed by atoms with Gasteiger partial charge in [0.15, 0.2) is 11.6 Å². The molecule has 0 saturated heterocycles. The highest BCUT2D eigenvalue weighted by atomic mass is 35.5. The Bertz CT molecular complexity index is 1210. The van der Waals surface area contributed by atoms with Crippen molar-refractivity contribution in [2.45, 2.75) is 71.2 Å². The summed E-state index contributed by atoms with van der Waals surface area (Å²) in [6, 6.07) is 13.1. The van der Waals surface area contributed by atoms with Crippen LogP contribution in [-0.4, -0.2) is 28.1 Å². The van der Waals surface area contributed by atoms with Crippen molar-refractivity contribution >= 4 is 40.8 Å². The van der Waals surface area contributed by atoms with Crippen molar-refractivity contribution in [1.82, 2.24) is 15.3 Å². The fourth-order valence-electron chi connectivity index (χ4n) is 4.56. The van der Waals surface area contributed by atoms with E-state index in [0.717, 1.165) is 48.8 Å². The van der Waals surface area contributed by atoms with Crippen molar-refractivity contribution < 1.29 is 9.53 Å². The normalized spacial score (nSPS) is 14.6. The number of aromatic nitrogens is 2. The second-order valence-corrected chi connectivity index (χ2v) is 11.0. The lowest BCUT2D eigenvalue weighted by molar-refractivity contribution is -0.151. The number of esters is 1. The number of halogens is 2. The average Bonchev–Trinajstić information content (AvgIpc) is 3.40. The van der Waals surface area contributed by atoms with Gasteiger partial charge in [0.1, 0.15) is 12.1 Å². The van der Waals surface area contributed by atoms with E-state index in [9.17, 15) is 4.79 Å². The summed E-state index contributed by atoms with van der Waals surface area (Å²) in [6.07, 6.45) is 6.67. The average molecular weight is 557 g/mol. The van der Waals surface area contributed by atoms with E-state index in [2.05, 4.69) is 34.4 Å². The number of nitrogens with one attached hydrogen (secondary N) is 2. The molecule has 0 radical (unpaired) electrons. The number of hydrogen-bond acceptors (Lipinski definition) is 7. The molecule has 0 amide bonds. The van der Waals surface area contributed by atoms with E-state index in [1.165, 1.54) is 0 Å². The molecule has 0 unspecified atom stereocenters. The van der Waals surface area contributed by atoms with Crippen molar-refractivity contribution in [2.24, 2.45) is 5.92 Å². The summed E-state index contributed by atoms with van der Waals surface area (Å²) in [5.74, 6) is 0.990. The van der Waals surface area contributed by atoms with Gasteiger partial charge in [-0.3, -0.25) is 4.79 Å². The molecule has 1 atom stereocenters. The Morgan fingerprint density at radius 1 is 1.08 bits per heavy atom. The van der Waals surface area contributed by atoms with Crippen LogP contribution in [0.1, 0.15) is 57.1 Å². The summed E-state index contributed by atoms with van der Waals surface area (Å²) in [4.78, 5) is 21.8. The Balaban J connectivity index is 1.39. The molecule has 1 aromatic heterocycles. The number of ether oxygens (including phenoxy) is 1. The zero-order valence-electron chi connectivity index (χ0n) is 21.8. The lowest BCUT2D eigenvalue weighted by atomic mass is 10.0. The van der Waals surface area contributed by atoms with Gasteiger partial charge in [-0.05, 0) is 55.7 Å². The molecule has 2 aromatic carbocycles. The molecule has 7 nitrogen and oxygen atoms in total. The molecule has 3 aromatic rings. The monoisotopic (exact) mass is 555 g/mol. The molecule has 4 rings (SSSR count). The zero-order chi connectivity index (χ0) is 27.1. The number of nitrogen functional groups attached to an aromatic ring is 1. The SMILES string of the molecule is CC(C)C[C@@H](NCc1ccc(-c2cnc(N)c(NCc3c(Cl)cccc3Cl)n2)cc1)C(=O)OC1CCCC1. The van der Waals surface area contributed by atoms with Gasteiger partial charge in [0.05, 0.1) is 11.9 Å². The highest BCUT2D eigenvalue weighted by Crippen LogP contribution is 2.27. The van der Waals surface area contributed by atoms with Crippen LogP contribution in [0.25, 0.3) is 11.3 Å². The molecule has 1 aliphatic rings. The van der Waals surface area contributed by atoms with E-state index in [0.29, 0.717) is 46.4 Å². The molecule has 1 heterocycles. The molecular formula is C29H35Cl2N5O2. The molecule has 4 N–H and O–H groups in total. The summed E-state index contributed by atoms with van der Waals surface area (Å²) in [7, 11) is 0. The third kappa shape index (κ3) is 7.59. The standard InChI is InChI=1S/C29H35Cl2N5O2/c1-18(2)14-25(29(37)38-21-6-3-4-7-21)33-15-19-10-12-20(13-11-19)26-17-34-27(32)28(36-26)35-16-22-23(30)8-5-9-24(22)31/h5,8-13,17-18,21,25,33H,3-4,6-7,14-16H2,1-2H3,(H2,32,34)(H,35,36)/t25-/m1/s1. The molecular weight excluding hydrogens is 521 g/mol. The Hall–Kier alpha value is -2.87. The van der Waals surface area contributed by atoms with Crippen LogP contribution in [0.3, 0.4) is 0 Å². The molecule has 1 aliphatic carbocycles. The van der Waals surface area contributed by atoms with Crippen molar-refractivity contribution in [1.29, 1.82) is 0 Å². The first-order valence-electron chi connectivity index (χ1n) is 13.1. The number of nitrogens with two attached hydrogens (primary N) is 1. The van der Waals surface area contributed by atoms with Gasteiger partial charge in [-0.15, -0.1) is 0 Å². The van der Waals surface area contributed by atoms with Crippen molar-refractivity contribution in [3.05, 3.63) is 69.8 Å². The van der Waals surface area contributed by atoms with Gasteiger partial charge in [0, 0.05) is 34.3 Å². The molecule has 0 aliphatic heterocycles. The maximum atomic E-state index is 12.8. The molecule has 0 bridgehead atoms. The summed E-state index contributed by atoms with van der Waals surface area (Å²) >= 11 is 12.6. The number of carbonyl (C=O) groups is 1. The number of carbonyl (C=O) groups excluding carboxylic acids is 1. The number of nitrogens with zero attached hydrogens (tertiary/aromatic N) is 2. The Morgan fingerprint density at radius 3 is 2.42 bits per heavy atom. The van der Waals surface area contributed by atoms with E-state index >= 15 is 0 Å². The quantitative estimate of drug-likeness (QED) is 0.228. The number of rotatable bonds is 11. The summed E-state index contributed by atoms with van der Waals surface area (Å²) < 4.78 is 5.77. The van der Waals surface area contributed by atoms with Crippen molar-refractivity contribution in [3.8, 4) is 11.3 Å². The summed E-state index contributed by atoms with van der Waals surface area (Å²) in [5, 5.41) is 7.74. The van der Waals surface area contributed by atoms with E-state index in [1.54, 1.807) is 24.4 Å². The predicted octanol–water partition coefficient (Wildman–Crippen LogP) is 6.63. The summed E-state index contributed by atoms with van der Waals surface area (Å²) in [5.41, 5.74) is 9.48. The molecule has 0 spiro atoms. The van der Waals surface area contributed by atoms with Crippen molar-refractivity contribution in [2.75, 3.05) is 11.1 Å². The smallest absolute Gasteiger partial charge is 0.323 e. The second-order valence-electron chi connectivity index (χ2n) is 10.1. The van der Waals surface area contributed by atoms with Crippen LogP contribution < -0.4 is 16.4 Å². The van der Waals surface area contributed by atoms with Crippen LogP contribution in [-0.2, 0) is 22.6 Å². The molecule has 9 heteroatoms. The topological polar surface area (TPSA) is 102 Å². The maximum Gasteiger partial charge on any atom is 0.323 e. The molecule has 1 fully saturated rings. The third-order valence-electron chi connectivity index (χ3n) is 6.67. The first-order valence-corrected chi connectivity index (χ1v) is 13.9. The highest BCUT2D eigenvalue weighted by Gasteiger charge is 2.26. The third-order valence-corrected chi connectivity index (χ3v) is 7.38. The lowest BCUT2D eigenvalue weighted by Crippen LogP contribution is -2.40. The minimum Gasteiger partial charge on any atom is -0.461 e. The Labute approximate surface area is 234 Å². The second kappa shape index (κ2) is 13.3. The first-order chi connectivity index (χ1) is 18.3. The van der Waals surface area contributed by atoms with Crippen LogP contribution >= 0.6 is 23.2 Å². The zero-order valence-corrected chi connectivity index (χ0v) is 23.4. The van der Waals surface area contributed by atoms with Gasteiger partial charge >= 0.3 is 5.97 Å². The number of hydrogen-bond donors (Lipinski definition) is 3. The van der Waals surface area contributed by atoms with Crippen molar-refractivity contribution in [3.63, 3.8) is 0 Å². The largest absolute Gasteiger partial charge is 0.461 e. The van der Waals surface area contributed by atoms with E-state index in [1.807, 2.05) is 24.3 Å². The van der Waals surface area contributed by atoms with Gasteiger partial charge in [-0.1, -0.05) is 67.4 Å². The highest BCUT2D eigenvalue weighted by molar-refractivity contribution is 6.36.